The lowest BCUT2D eigenvalue weighted by molar-refractivity contribution is 0.370. The predicted octanol–water partition coefficient (Wildman–Crippen LogP) is 2.02. The summed E-state index contributed by atoms with van der Waals surface area (Å²) in [5.41, 5.74) is 0. The Kier molecular flexibility index (Phi) is 3.10. The van der Waals surface area contributed by atoms with Gasteiger partial charge >= 0.3 is 0 Å². The zero-order valence-corrected chi connectivity index (χ0v) is 8.72. The van der Waals surface area contributed by atoms with E-state index in [1.807, 2.05) is 7.11 Å². The van der Waals surface area contributed by atoms with Crippen molar-refractivity contribution in [2.75, 3.05) is 13.7 Å². The molecule has 1 unspecified atom stereocenters. The van der Waals surface area contributed by atoms with E-state index in [1.54, 1.807) is 0 Å². The molecule has 0 amide bonds. The van der Waals surface area contributed by atoms with Crippen LogP contribution in [0.4, 0.5) is 0 Å². The molecule has 1 saturated heterocycles. The molecule has 0 aromatic rings. The number of hydrogen-bond acceptors (Lipinski definition) is 2. The van der Waals surface area contributed by atoms with E-state index >= 15 is 0 Å². The van der Waals surface area contributed by atoms with Gasteiger partial charge in [0.1, 0.15) is 0 Å². The molecule has 3 heteroatoms. The van der Waals surface area contributed by atoms with Crippen LogP contribution in [0.15, 0.2) is 0 Å². The Balaban J connectivity index is 2.39. The van der Waals surface area contributed by atoms with Gasteiger partial charge in [0.25, 0.3) is 0 Å². The molecule has 1 atom stereocenters. The molecule has 0 spiro atoms. The van der Waals surface area contributed by atoms with E-state index in [-0.39, 0.29) is 0 Å². The average Bonchev–Trinajstić information content (AvgIpc) is 2.84. The second-order valence-corrected chi connectivity index (χ2v) is 7.85. The largest absolute Gasteiger partial charge is 0.420 e. The molecule has 11 heavy (non-hydrogen) atoms. The Labute approximate surface area is 70.0 Å². The van der Waals surface area contributed by atoms with E-state index in [2.05, 4.69) is 13.8 Å². The van der Waals surface area contributed by atoms with Crippen molar-refractivity contribution in [3.8, 4) is 0 Å². The molecule has 0 radical (unpaired) electrons. The molecule has 1 heterocycles. The molecule has 1 fully saturated rings. The van der Waals surface area contributed by atoms with Crippen LogP contribution in [0.25, 0.3) is 0 Å². The van der Waals surface area contributed by atoms with Crippen molar-refractivity contribution in [3.05, 3.63) is 0 Å². The molecule has 1 rings (SSSR count). The summed E-state index contributed by atoms with van der Waals surface area (Å²) in [4.78, 5) is 0. The second-order valence-electron chi connectivity index (χ2n) is 3.25. The van der Waals surface area contributed by atoms with E-state index in [0.717, 1.165) is 6.61 Å². The summed E-state index contributed by atoms with van der Waals surface area (Å²) in [6.07, 6.45) is 0.543. The first-order valence-electron chi connectivity index (χ1n) is 4.43. The summed E-state index contributed by atoms with van der Waals surface area (Å²) in [7, 11) is 0.520. The van der Waals surface area contributed by atoms with Gasteiger partial charge in [0.2, 0.25) is 0 Å². The molecule has 0 aliphatic carbocycles. The molecule has 0 aromatic carbocycles. The van der Waals surface area contributed by atoms with Crippen LogP contribution in [-0.4, -0.2) is 28.1 Å². The highest BCUT2D eigenvalue weighted by molar-refractivity contribution is 6.73. The van der Waals surface area contributed by atoms with Crippen LogP contribution in [0.5, 0.6) is 0 Å². The molecular formula is C8H18O2Si. The zero-order chi connectivity index (χ0) is 8.32. The van der Waals surface area contributed by atoms with Crippen LogP contribution in [0, 0.1) is 0 Å². The van der Waals surface area contributed by atoms with E-state index in [1.165, 1.54) is 18.1 Å². The molecule has 1 aliphatic heterocycles. The lowest BCUT2D eigenvalue weighted by Crippen LogP contribution is -2.36. The summed E-state index contributed by atoms with van der Waals surface area (Å²) >= 11 is 0. The van der Waals surface area contributed by atoms with Crippen LogP contribution >= 0.6 is 0 Å². The maximum absolute atomic E-state index is 5.65. The van der Waals surface area contributed by atoms with Crippen molar-refractivity contribution in [3.63, 3.8) is 0 Å². The van der Waals surface area contributed by atoms with Gasteiger partial charge in [0, 0.05) is 7.11 Å². The quantitative estimate of drug-likeness (QED) is 0.470. The topological polar surface area (TPSA) is 21.8 Å². The minimum Gasteiger partial charge on any atom is -0.420 e. The Morgan fingerprint density at radius 1 is 1.45 bits per heavy atom. The Bertz CT molecular complexity index is 111. The minimum atomic E-state index is -1.34. The van der Waals surface area contributed by atoms with Crippen molar-refractivity contribution < 1.29 is 9.16 Å². The van der Waals surface area contributed by atoms with Gasteiger partial charge in [-0.2, -0.15) is 0 Å². The number of rotatable bonds is 5. The molecule has 0 bridgehead atoms. The van der Waals surface area contributed by atoms with Gasteiger partial charge in [-0.05, 0) is 18.1 Å². The fraction of sp³-hybridized carbons (Fsp3) is 1.00. The fourth-order valence-electron chi connectivity index (χ4n) is 1.51. The molecule has 0 aromatic heterocycles. The third-order valence-electron chi connectivity index (χ3n) is 2.72. The van der Waals surface area contributed by atoms with Crippen molar-refractivity contribution in [1.82, 2.24) is 0 Å². The first kappa shape index (κ1) is 9.23. The monoisotopic (exact) mass is 174 g/mol. The van der Waals surface area contributed by atoms with Crippen molar-refractivity contribution in [2.45, 2.75) is 38.1 Å². The highest BCUT2D eigenvalue weighted by Crippen LogP contribution is 2.28. The maximum Gasteiger partial charge on any atom is 0.194 e. The summed E-state index contributed by atoms with van der Waals surface area (Å²) < 4.78 is 10.9. The number of epoxide rings is 1. The molecule has 0 saturated carbocycles. The SMILES string of the molecule is CC[Si](CC)(CC1CO1)OC. The van der Waals surface area contributed by atoms with Gasteiger partial charge in [-0.1, -0.05) is 13.8 Å². The van der Waals surface area contributed by atoms with Crippen LogP contribution in [-0.2, 0) is 9.16 Å². The van der Waals surface area contributed by atoms with Crippen molar-refractivity contribution >= 4 is 8.32 Å². The molecule has 0 N–H and O–H groups in total. The molecular weight excluding hydrogens is 156 g/mol. The lowest BCUT2D eigenvalue weighted by atomic mass is 10.6. The smallest absolute Gasteiger partial charge is 0.194 e. The van der Waals surface area contributed by atoms with Crippen molar-refractivity contribution in [1.29, 1.82) is 0 Å². The average molecular weight is 174 g/mol. The standard InChI is InChI=1S/C8H18O2Si/c1-4-11(5-2,9-3)7-8-6-10-8/h8H,4-7H2,1-3H3. The molecule has 2 nitrogen and oxygen atoms in total. The fourth-order valence-corrected chi connectivity index (χ4v) is 4.40. The Morgan fingerprint density at radius 2 is 2.00 bits per heavy atom. The number of ether oxygens (including phenoxy) is 1. The predicted molar refractivity (Wildman–Crippen MR) is 48.3 cm³/mol. The normalized spacial score (nSPS) is 23.7. The zero-order valence-electron chi connectivity index (χ0n) is 7.72. The summed E-state index contributed by atoms with van der Waals surface area (Å²) in [5.74, 6) is 0. The molecule has 66 valence electrons. The van der Waals surface area contributed by atoms with Crippen LogP contribution < -0.4 is 0 Å². The van der Waals surface area contributed by atoms with Gasteiger partial charge in [-0.25, -0.2) is 0 Å². The highest BCUT2D eigenvalue weighted by atomic mass is 28.4. The highest BCUT2D eigenvalue weighted by Gasteiger charge is 2.38. The van der Waals surface area contributed by atoms with Gasteiger partial charge in [0.15, 0.2) is 8.32 Å². The van der Waals surface area contributed by atoms with Crippen LogP contribution in [0.3, 0.4) is 0 Å². The summed E-state index contributed by atoms with van der Waals surface area (Å²) in [5, 5.41) is 0. The maximum atomic E-state index is 5.65. The Hall–Kier alpha value is 0.137. The third kappa shape index (κ3) is 2.29. The van der Waals surface area contributed by atoms with E-state index in [0.29, 0.717) is 6.10 Å². The van der Waals surface area contributed by atoms with Crippen LogP contribution in [0.2, 0.25) is 18.1 Å². The lowest BCUT2D eigenvalue weighted by Gasteiger charge is -2.26. The van der Waals surface area contributed by atoms with E-state index < -0.39 is 8.32 Å². The number of hydrogen-bond donors (Lipinski definition) is 0. The van der Waals surface area contributed by atoms with Gasteiger partial charge in [-0.15, -0.1) is 0 Å². The van der Waals surface area contributed by atoms with Crippen molar-refractivity contribution in [2.24, 2.45) is 0 Å². The minimum absolute atomic E-state index is 0.543. The second kappa shape index (κ2) is 3.69. The van der Waals surface area contributed by atoms with Gasteiger partial charge in [0.05, 0.1) is 12.7 Å². The van der Waals surface area contributed by atoms with Gasteiger partial charge < -0.3 is 9.16 Å². The Morgan fingerprint density at radius 3 is 2.27 bits per heavy atom. The first-order chi connectivity index (χ1) is 5.26. The first-order valence-corrected chi connectivity index (χ1v) is 6.96. The third-order valence-corrected chi connectivity index (χ3v) is 7.37. The van der Waals surface area contributed by atoms with E-state index in [4.69, 9.17) is 9.16 Å². The summed E-state index contributed by atoms with van der Waals surface area (Å²) in [6.45, 7) is 5.45. The van der Waals surface area contributed by atoms with Crippen LogP contribution in [0.1, 0.15) is 13.8 Å². The molecule has 1 aliphatic rings. The van der Waals surface area contributed by atoms with E-state index in [9.17, 15) is 0 Å². The van der Waals surface area contributed by atoms with Gasteiger partial charge in [-0.3, -0.25) is 0 Å². The summed E-state index contributed by atoms with van der Waals surface area (Å²) in [6, 6.07) is 3.65.